The van der Waals surface area contributed by atoms with Crippen molar-refractivity contribution in [1.29, 1.82) is 0 Å². The molecule has 1 atom stereocenters. The summed E-state index contributed by atoms with van der Waals surface area (Å²) in [5.74, 6) is 0.357. The second kappa shape index (κ2) is 4.52. The summed E-state index contributed by atoms with van der Waals surface area (Å²) >= 11 is 0. The van der Waals surface area contributed by atoms with Crippen LogP contribution in [-0.4, -0.2) is 10.8 Å². The van der Waals surface area contributed by atoms with E-state index in [1.807, 2.05) is 43.5 Å². The molecule has 0 bridgehead atoms. The van der Waals surface area contributed by atoms with Crippen LogP contribution in [-0.2, 0) is 6.42 Å². The van der Waals surface area contributed by atoms with Crippen molar-refractivity contribution in [2.45, 2.75) is 13.3 Å². The zero-order chi connectivity index (χ0) is 14.4. The summed E-state index contributed by atoms with van der Waals surface area (Å²) in [5, 5.41) is 1.13. The van der Waals surface area contributed by atoms with E-state index in [-0.39, 0.29) is 11.7 Å². The minimum Gasteiger partial charge on any atom is -0.294 e. The van der Waals surface area contributed by atoms with Crippen LogP contribution in [0, 0.1) is 5.92 Å². The molecule has 102 valence electrons. The van der Waals surface area contributed by atoms with Gasteiger partial charge in [-0.2, -0.15) is 0 Å². The van der Waals surface area contributed by atoms with Crippen LogP contribution in [0.5, 0.6) is 0 Å². The zero-order valence-electron chi connectivity index (χ0n) is 11.8. The fraction of sp³-hybridized carbons (Fsp3) is 0.158. The summed E-state index contributed by atoms with van der Waals surface area (Å²) < 4.78 is 0. The van der Waals surface area contributed by atoms with Gasteiger partial charge in [-0.3, -0.25) is 9.78 Å². The van der Waals surface area contributed by atoms with Crippen LogP contribution in [0.4, 0.5) is 0 Å². The van der Waals surface area contributed by atoms with Crippen LogP contribution in [0.2, 0.25) is 0 Å². The summed E-state index contributed by atoms with van der Waals surface area (Å²) in [5.41, 5.74) is 5.29. The number of benzene rings is 2. The predicted molar refractivity (Wildman–Crippen MR) is 84.4 cm³/mol. The molecule has 3 aromatic rings. The number of Topliss-reactive ketones (excluding diaryl/α,β-unsaturated/α-hetero) is 1. The number of rotatable bonds is 1. The number of nitrogens with zero attached hydrogens (tertiary/aromatic N) is 1. The molecule has 2 nitrogen and oxygen atoms in total. The lowest BCUT2D eigenvalue weighted by atomic mass is 9.97. The summed E-state index contributed by atoms with van der Waals surface area (Å²) in [6, 6.07) is 16.3. The molecule has 4 rings (SSSR count). The van der Waals surface area contributed by atoms with Crippen molar-refractivity contribution >= 4 is 16.7 Å². The second-order valence-corrected chi connectivity index (χ2v) is 5.72. The molecule has 1 aliphatic rings. The highest BCUT2D eigenvalue weighted by molar-refractivity contribution is 6.04. The minimum absolute atomic E-state index is 0.0922. The monoisotopic (exact) mass is 273 g/mol. The molecule has 0 aliphatic heterocycles. The van der Waals surface area contributed by atoms with Crippen LogP contribution >= 0.6 is 0 Å². The SMILES string of the molecule is CC1Cc2c(cccc2-c2cnc3ccccc3c2)C1=O. The van der Waals surface area contributed by atoms with Gasteiger partial charge in [0.1, 0.15) is 0 Å². The number of para-hydroxylation sites is 1. The van der Waals surface area contributed by atoms with Crippen molar-refractivity contribution in [3.63, 3.8) is 0 Å². The Kier molecular flexibility index (Phi) is 2.64. The lowest BCUT2D eigenvalue weighted by Gasteiger charge is -2.08. The van der Waals surface area contributed by atoms with Crippen LogP contribution in [0.25, 0.3) is 22.0 Å². The smallest absolute Gasteiger partial charge is 0.166 e. The van der Waals surface area contributed by atoms with Crippen molar-refractivity contribution in [1.82, 2.24) is 4.98 Å². The number of pyridine rings is 1. The second-order valence-electron chi connectivity index (χ2n) is 5.72. The molecule has 2 aromatic carbocycles. The number of carbonyl (C=O) groups excluding carboxylic acids is 1. The van der Waals surface area contributed by atoms with Crippen molar-refractivity contribution in [3.05, 3.63) is 65.9 Å². The van der Waals surface area contributed by atoms with E-state index in [2.05, 4.69) is 23.2 Å². The largest absolute Gasteiger partial charge is 0.294 e. The number of hydrogen-bond donors (Lipinski definition) is 0. The third-order valence-corrected chi connectivity index (χ3v) is 4.30. The van der Waals surface area contributed by atoms with E-state index in [1.165, 1.54) is 5.56 Å². The van der Waals surface area contributed by atoms with Gasteiger partial charge in [-0.25, -0.2) is 0 Å². The molecular weight excluding hydrogens is 258 g/mol. The Morgan fingerprint density at radius 2 is 1.86 bits per heavy atom. The molecule has 1 aromatic heterocycles. The first kappa shape index (κ1) is 12.3. The first-order valence-corrected chi connectivity index (χ1v) is 7.25. The number of fused-ring (bicyclic) bond motifs is 2. The lowest BCUT2D eigenvalue weighted by Crippen LogP contribution is -2.02. The highest BCUT2D eigenvalue weighted by Crippen LogP contribution is 2.35. The first-order chi connectivity index (χ1) is 10.2. The van der Waals surface area contributed by atoms with Gasteiger partial charge in [0.2, 0.25) is 0 Å². The topological polar surface area (TPSA) is 30.0 Å². The van der Waals surface area contributed by atoms with Gasteiger partial charge in [0, 0.05) is 28.6 Å². The Morgan fingerprint density at radius 1 is 1.05 bits per heavy atom. The van der Waals surface area contributed by atoms with Crippen molar-refractivity contribution in [2.75, 3.05) is 0 Å². The highest BCUT2D eigenvalue weighted by Gasteiger charge is 2.28. The van der Waals surface area contributed by atoms with Crippen molar-refractivity contribution in [2.24, 2.45) is 5.92 Å². The normalized spacial score (nSPS) is 17.2. The molecule has 0 radical (unpaired) electrons. The van der Waals surface area contributed by atoms with E-state index in [1.54, 1.807) is 0 Å². The minimum atomic E-state index is 0.0922. The molecule has 1 heterocycles. The van der Waals surface area contributed by atoms with Crippen molar-refractivity contribution in [3.8, 4) is 11.1 Å². The molecule has 1 aliphatic carbocycles. The third kappa shape index (κ3) is 1.87. The maximum Gasteiger partial charge on any atom is 0.166 e. The van der Waals surface area contributed by atoms with E-state index in [0.717, 1.165) is 34.0 Å². The van der Waals surface area contributed by atoms with E-state index >= 15 is 0 Å². The van der Waals surface area contributed by atoms with E-state index < -0.39 is 0 Å². The quantitative estimate of drug-likeness (QED) is 0.662. The van der Waals surface area contributed by atoms with Gasteiger partial charge in [-0.05, 0) is 29.7 Å². The standard InChI is InChI=1S/C19H15NO/c1-12-9-17-15(6-4-7-16(17)19(12)21)14-10-13-5-2-3-8-18(13)20-11-14/h2-8,10-12H,9H2,1H3. The highest BCUT2D eigenvalue weighted by atomic mass is 16.1. The molecule has 0 N–H and O–H groups in total. The Balaban J connectivity index is 1.92. The van der Waals surface area contributed by atoms with Gasteiger partial charge >= 0.3 is 0 Å². The molecular formula is C19H15NO. The average molecular weight is 273 g/mol. The van der Waals surface area contributed by atoms with Gasteiger partial charge in [0.25, 0.3) is 0 Å². The number of aromatic nitrogens is 1. The third-order valence-electron chi connectivity index (χ3n) is 4.30. The van der Waals surface area contributed by atoms with E-state index in [4.69, 9.17) is 0 Å². The summed E-state index contributed by atoms with van der Waals surface area (Å²) in [4.78, 5) is 16.7. The zero-order valence-corrected chi connectivity index (χ0v) is 11.8. The number of ketones is 1. The lowest BCUT2D eigenvalue weighted by molar-refractivity contribution is 0.0946. The molecule has 0 saturated heterocycles. The van der Waals surface area contributed by atoms with Crippen LogP contribution < -0.4 is 0 Å². The van der Waals surface area contributed by atoms with E-state index in [9.17, 15) is 4.79 Å². The van der Waals surface area contributed by atoms with Gasteiger partial charge in [-0.1, -0.05) is 43.3 Å². The van der Waals surface area contributed by atoms with Gasteiger partial charge in [0.15, 0.2) is 5.78 Å². The molecule has 21 heavy (non-hydrogen) atoms. The average Bonchev–Trinajstić information content (AvgIpc) is 2.82. The summed E-state index contributed by atoms with van der Waals surface area (Å²) in [6.45, 7) is 2.00. The van der Waals surface area contributed by atoms with E-state index in [0.29, 0.717) is 0 Å². The molecule has 0 spiro atoms. The first-order valence-electron chi connectivity index (χ1n) is 7.25. The van der Waals surface area contributed by atoms with Gasteiger partial charge < -0.3 is 0 Å². The van der Waals surface area contributed by atoms with Crippen LogP contribution in [0.15, 0.2) is 54.7 Å². The Morgan fingerprint density at radius 3 is 2.76 bits per heavy atom. The maximum absolute atomic E-state index is 12.2. The van der Waals surface area contributed by atoms with Crippen molar-refractivity contribution < 1.29 is 4.79 Å². The summed E-state index contributed by atoms with van der Waals surface area (Å²) in [6.07, 6.45) is 2.74. The van der Waals surface area contributed by atoms with Gasteiger partial charge in [-0.15, -0.1) is 0 Å². The van der Waals surface area contributed by atoms with Crippen LogP contribution in [0.1, 0.15) is 22.8 Å². The number of carbonyl (C=O) groups is 1. The molecule has 0 saturated carbocycles. The fourth-order valence-corrected chi connectivity index (χ4v) is 3.19. The number of hydrogen-bond acceptors (Lipinski definition) is 2. The Bertz CT molecular complexity index is 866. The van der Waals surface area contributed by atoms with Gasteiger partial charge in [0.05, 0.1) is 5.52 Å². The molecule has 0 fully saturated rings. The predicted octanol–water partition coefficient (Wildman–Crippen LogP) is 4.28. The Labute approximate surface area is 123 Å². The molecule has 1 unspecified atom stereocenters. The maximum atomic E-state index is 12.2. The summed E-state index contributed by atoms with van der Waals surface area (Å²) in [7, 11) is 0. The Hall–Kier alpha value is -2.48. The molecule has 2 heteroatoms. The molecule has 0 amide bonds. The fourth-order valence-electron chi connectivity index (χ4n) is 3.19. The van der Waals surface area contributed by atoms with Crippen LogP contribution in [0.3, 0.4) is 0 Å².